The summed E-state index contributed by atoms with van der Waals surface area (Å²) in [5.41, 5.74) is 0.445. The Kier molecular flexibility index (Phi) is 3.76. The Morgan fingerprint density at radius 2 is 2.28 bits per heavy atom. The van der Waals surface area contributed by atoms with Gasteiger partial charge in [0, 0.05) is 25.6 Å². The first-order chi connectivity index (χ1) is 8.72. The number of nitrogens with zero attached hydrogens (tertiary/aromatic N) is 3. The molecule has 0 unspecified atom stereocenters. The Morgan fingerprint density at radius 1 is 1.44 bits per heavy atom. The Labute approximate surface area is 104 Å². The third-order valence-electron chi connectivity index (χ3n) is 2.55. The number of aryl methyl sites for hydroxylation is 1. The highest BCUT2D eigenvalue weighted by molar-refractivity contribution is 5.68. The van der Waals surface area contributed by atoms with E-state index in [9.17, 15) is 9.59 Å². The van der Waals surface area contributed by atoms with Gasteiger partial charge in [0.05, 0.1) is 6.61 Å². The lowest BCUT2D eigenvalue weighted by atomic mass is 10.4. The number of carbonyl (C=O) groups excluding carboxylic acids is 1. The van der Waals surface area contributed by atoms with Crippen molar-refractivity contribution in [3.05, 3.63) is 34.9 Å². The Morgan fingerprint density at radius 3 is 3.00 bits per heavy atom. The van der Waals surface area contributed by atoms with E-state index in [4.69, 9.17) is 4.74 Å². The van der Waals surface area contributed by atoms with Crippen LogP contribution in [-0.4, -0.2) is 26.8 Å². The summed E-state index contributed by atoms with van der Waals surface area (Å²) in [6, 6.07) is 5.38. The molecule has 0 aliphatic carbocycles. The van der Waals surface area contributed by atoms with E-state index in [2.05, 4.69) is 5.10 Å². The number of hydrogen-bond acceptors (Lipinski definition) is 4. The molecule has 6 heteroatoms. The molecule has 0 atom stereocenters. The van der Waals surface area contributed by atoms with Crippen molar-refractivity contribution >= 4 is 11.6 Å². The zero-order chi connectivity index (χ0) is 13.0. The normalized spacial score (nSPS) is 10.7. The van der Waals surface area contributed by atoms with Gasteiger partial charge in [0.25, 0.3) is 0 Å². The number of rotatable bonds is 5. The summed E-state index contributed by atoms with van der Waals surface area (Å²) in [7, 11) is 0. The molecule has 0 fully saturated rings. The zero-order valence-corrected chi connectivity index (χ0v) is 10.2. The molecule has 0 bridgehead atoms. The molecule has 0 radical (unpaired) electrons. The van der Waals surface area contributed by atoms with E-state index < -0.39 is 0 Å². The van der Waals surface area contributed by atoms with Gasteiger partial charge in [-0.1, -0.05) is 13.0 Å². The summed E-state index contributed by atoms with van der Waals surface area (Å²) in [4.78, 5) is 22.8. The van der Waals surface area contributed by atoms with Crippen molar-refractivity contribution in [1.82, 2.24) is 14.2 Å². The molecule has 2 heterocycles. The summed E-state index contributed by atoms with van der Waals surface area (Å²) < 4.78 is 7.81. The monoisotopic (exact) mass is 249 g/mol. The SMILES string of the molecule is CCC(=O)OCCCn1nc2ccccn2c1=O. The maximum atomic E-state index is 11.9. The van der Waals surface area contributed by atoms with E-state index >= 15 is 0 Å². The summed E-state index contributed by atoms with van der Waals surface area (Å²) in [5, 5.41) is 4.18. The molecule has 0 saturated heterocycles. The number of hydrogen-bond donors (Lipinski definition) is 0. The second-order valence-electron chi connectivity index (χ2n) is 3.86. The molecule has 2 rings (SSSR count). The van der Waals surface area contributed by atoms with E-state index in [1.165, 1.54) is 9.08 Å². The number of pyridine rings is 1. The second-order valence-corrected chi connectivity index (χ2v) is 3.86. The average molecular weight is 249 g/mol. The lowest BCUT2D eigenvalue weighted by Crippen LogP contribution is -2.22. The van der Waals surface area contributed by atoms with Gasteiger partial charge in [0.2, 0.25) is 0 Å². The summed E-state index contributed by atoms with van der Waals surface area (Å²) in [6.45, 7) is 2.50. The van der Waals surface area contributed by atoms with E-state index in [0.717, 1.165) is 0 Å². The highest BCUT2D eigenvalue weighted by atomic mass is 16.5. The third-order valence-corrected chi connectivity index (χ3v) is 2.55. The van der Waals surface area contributed by atoms with Crippen LogP contribution in [0.3, 0.4) is 0 Å². The summed E-state index contributed by atoms with van der Waals surface area (Å²) >= 11 is 0. The topological polar surface area (TPSA) is 65.6 Å². The maximum Gasteiger partial charge on any atom is 0.350 e. The van der Waals surface area contributed by atoms with Gasteiger partial charge in [-0.15, -0.1) is 5.10 Å². The number of ether oxygens (including phenoxy) is 1. The molecular formula is C12H15N3O3. The van der Waals surface area contributed by atoms with Crippen LogP contribution in [0.15, 0.2) is 29.2 Å². The fourth-order valence-electron chi connectivity index (χ4n) is 1.62. The number of fused-ring (bicyclic) bond motifs is 1. The fraction of sp³-hybridized carbons (Fsp3) is 0.417. The first-order valence-corrected chi connectivity index (χ1v) is 5.92. The first-order valence-electron chi connectivity index (χ1n) is 5.92. The Bertz CT molecular complexity index is 600. The van der Waals surface area contributed by atoms with Gasteiger partial charge in [0.1, 0.15) is 0 Å². The van der Waals surface area contributed by atoms with E-state index in [1.54, 1.807) is 25.3 Å². The minimum absolute atomic E-state index is 0.174. The minimum atomic E-state index is -0.225. The van der Waals surface area contributed by atoms with Crippen molar-refractivity contribution in [1.29, 1.82) is 0 Å². The summed E-state index contributed by atoms with van der Waals surface area (Å²) in [6.07, 6.45) is 2.63. The van der Waals surface area contributed by atoms with Gasteiger partial charge in [0.15, 0.2) is 5.65 Å². The molecule has 0 aliphatic rings. The molecule has 0 N–H and O–H groups in total. The lowest BCUT2D eigenvalue weighted by molar-refractivity contribution is -0.143. The average Bonchev–Trinajstić information content (AvgIpc) is 2.72. The molecule has 96 valence electrons. The predicted molar refractivity (Wildman–Crippen MR) is 65.3 cm³/mol. The van der Waals surface area contributed by atoms with E-state index in [0.29, 0.717) is 31.6 Å². The smallest absolute Gasteiger partial charge is 0.350 e. The molecule has 18 heavy (non-hydrogen) atoms. The molecule has 0 saturated carbocycles. The van der Waals surface area contributed by atoms with Gasteiger partial charge >= 0.3 is 11.7 Å². The van der Waals surface area contributed by atoms with Crippen LogP contribution >= 0.6 is 0 Å². The summed E-state index contributed by atoms with van der Waals surface area (Å²) in [5.74, 6) is -0.225. The molecule has 2 aromatic rings. The molecule has 2 aromatic heterocycles. The maximum absolute atomic E-state index is 11.9. The molecule has 0 amide bonds. The van der Waals surface area contributed by atoms with Gasteiger partial charge < -0.3 is 4.74 Å². The van der Waals surface area contributed by atoms with Crippen molar-refractivity contribution in [2.24, 2.45) is 0 Å². The van der Waals surface area contributed by atoms with Gasteiger partial charge in [-0.25, -0.2) is 9.48 Å². The number of aromatic nitrogens is 3. The van der Waals surface area contributed by atoms with Crippen LogP contribution in [0.4, 0.5) is 0 Å². The standard InChI is InChI=1S/C12H15N3O3/c1-2-11(16)18-9-5-8-15-12(17)14-7-4-3-6-10(14)13-15/h3-4,6-7H,2,5,8-9H2,1H3. The van der Waals surface area contributed by atoms with E-state index in [1.807, 2.05) is 6.07 Å². The zero-order valence-electron chi connectivity index (χ0n) is 10.2. The molecular weight excluding hydrogens is 234 g/mol. The lowest BCUT2D eigenvalue weighted by Gasteiger charge is -2.02. The number of esters is 1. The third kappa shape index (κ3) is 2.58. The van der Waals surface area contributed by atoms with Crippen LogP contribution < -0.4 is 5.69 Å². The van der Waals surface area contributed by atoms with Crippen LogP contribution in [0.1, 0.15) is 19.8 Å². The van der Waals surface area contributed by atoms with Crippen molar-refractivity contribution in [3.8, 4) is 0 Å². The quantitative estimate of drug-likeness (QED) is 0.581. The van der Waals surface area contributed by atoms with Crippen LogP contribution in [0.25, 0.3) is 5.65 Å². The largest absolute Gasteiger partial charge is 0.466 e. The molecule has 0 spiro atoms. The van der Waals surface area contributed by atoms with Crippen LogP contribution in [0.2, 0.25) is 0 Å². The molecule has 0 aromatic carbocycles. The number of carbonyl (C=O) groups is 1. The van der Waals surface area contributed by atoms with Crippen molar-refractivity contribution in [2.75, 3.05) is 6.61 Å². The van der Waals surface area contributed by atoms with Gasteiger partial charge in [-0.2, -0.15) is 0 Å². The molecule has 0 aliphatic heterocycles. The first kappa shape index (κ1) is 12.3. The molecule has 6 nitrogen and oxygen atoms in total. The van der Waals surface area contributed by atoms with E-state index in [-0.39, 0.29) is 11.7 Å². The van der Waals surface area contributed by atoms with Crippen molar-refractivity contribution < 1.29 is 9.53 Å². The van der Waals surface area contributed by atoms with Gasteiger partial charge in [-0.3, -0.25) is 9.20 Å². The Hall–Kier alpha value is -2.11. The highest BCUT2D eigenvalue weighted by Gasteiger charge is 2.05. The second kappa shape index (κ2) is 5.48. The minimum Gasteiger partial charge on any atom is -0.466 e. The van der Waals surface area contributed by atoms with Crippen molar-refractivity contribution in [3.63, 3.8) is 0 Å². The van der Waals surface area contributed by atoms with Crippen LogP contribution in [-0.2, 0) is 16.1 Å². The predicted octanol–water partition coefficient (Wildman–Crippen LogP) is 0.839. The van der Waals surface area contributed by atoms with Crippen LogP contribution in [0.5, 0.6) is 0 Å². The van der Waals surface area contributed by atoms with Crippen molar-refractivity contribution in [2.45, 2.75) is 26.3 Å². The highest BCUT2D eigenvalue weighted by Crippen LogP contribution is 1.96. The fourth-order valence-corrected chi connectivity index (χ4v) is 1.62. The van der Waals surface area contributed by atoms with Gasteiger partial charge in [-0.05, 0) is 12.1 Å². The van der Waals surface area contributed by atoms with Crippen LogP contribution in [0, 0.1) is 0 Å². The Balaban J connectivity index is 1.98.